The van der Waals surface area contributed by atoms with E-state index in [2.05, 4.69) is 5.16 Å². The van der Waals surface area contributed by atoms with E-state index in [1.54, 1.807) is 0 Å². The molecule has 0 amide bonds. The molecule has 1 atom stereocenters. The maximum Gasteiger partial charge on any atom is 0.191 e. The number of benzene rings is 1. The highest BCUT2D eigenvalue weighted by Gasteiger charge is 2.29. The maximum absolute atomic E-state index is 11.7. The van der Waals surface area contributed by atoms with Gasteiger partial charge in [0.15, 0.2) is 11.9 Å². The van der Waals surface area contributed by atoms with Gasteiger partial charge in [0.05, 0.1) is 5.71 Å². The molecular weight excluding hydrogens is 202 g/mol. The Labute approximate surface area is 95.1 Å². The third kappa shape index (κ3) is 2.13. The normalized spacial score (nSPS) is 19.4. The van der Waals surface area contributed by atoms with Gasteiger partial charge in [-0.2, -0.15) is 0 Å². The first-order chi connectivity index (χ1) is 7.68. The van der Waals surface area contributed by atoms with Gasteiger partial charge in [-0.3, -0.25) is 4.79 Å². The van der Waals surface area contributed by atoms with Crippen LogP contribution in [0.3, 0.4) is 0 Å². The topological polar surface area (TPSA) is 38.7 Å². The molecule has 1 unspecified atom stereocenters. The van der Waals surface area contributed by atoms with Crippen molar-refractivity contribution >= 4 is 11.5 Å². The summed E-state index contributed by atoms with van der Waals surface area (Å²) in [5.41, 5.74) is 1.89. The zero-order valence-electron chi connectivity index (χ0n) is 9.51. The van der Waals surface area contributed by atoms with Crippen LogP contribution in [0.2, 0.25) is 0 Å². The lowest BCUT2D eigenvalue weighted by atomic mass is 9.98. The van der Waals surface area contributed by atoms with Crippen molar-refractivity contribution in [1.29, 1.82) is 0 Å². The molecule has 1 heterocycles. The molecule has 84 valence electrons. The van der Waals surface area contributed by atoms with E-state index in [4.69, 9.17) is 4.84 Å². The van der Waals surface area contributed by atoms with Gasteiger partial charge in [0.2, 0.25) is 0 Å². The van der Waals surface area contributed by atoms with Crippen LogP contribution in [0.5, 0.6) is 0 Å². The first-order valence-corrected chi connectivity index (χ1v) is 5.50. The number of hydrogen-bond acceptors (Lipinski definition) is 3. The second kappa shape index (κ2) is 4.47. The molecule has 0 aromatic heterocycles. The van der Waals surface area contributed by atoms with Crippen molar-refractivity contribution in [2.24, 2.45) is 11.1 Å². The summed E-state index contributed by atoms with van der Waals surface area (Å²) in [5, 5.41) is 3.99. The molecule has 0 spiro atoms. The largest absolute Gasteiger partial charge is 0.384 e. The van der Waals surface area contributed by atoms with Gasteiger partial charge < -0.3 is 4.84 Å². The number of carbonyl (C=O) groups excluding carboxylic acids is 1. The molecule has 3 heteroatoms. The highest BCUT2D eigenvalue weighted by atomic mass is 16.6. The molecule has 0 N–H and O–H groups in total. The Morgan fingerprint density at radius 2 is 2.06 bits per heavy atom. The smallest absolute Gasteiger partial charge is 0.191 e. The molecule has 1 aromatic carbocycles. The van der Waals surface area contributed by atoms with Crippen LogP contribution in [0.15, 0.2) is 35.5 Å². The van der Waals surface area contributed by atoms with E-state index in [-0.39, 0.29) is 11.7 Å². The minimum atomic E-state index is -0.393. The van der Waals surface area contributed by atoms with Gasteiger partial charge >= 0.3 is 0 Å². The third-order valence-corrected chi connectivity index (χ3v) is 2.66. The molecule has 1 aliphatic rings. The van der Waals surface area contributed by atoms with E-state index in [1.807, 2.05) is 44.2 Å². The van der Waals surface area contributed by atoms with Crippen molar-refractivity contribution in [1.82, 2.24) is 0 Å². The highest BCUT2D eigenvalue weighted by molar-refractivity contribution is 6.04. The summed E-state index contributed by atoms with van der Waals surface area (Å²) in [7, 11) is 0. The molecule has 3 nitrogen and oxygen atoms in total. The molecule has 0 bridgehead atoms. The van der Waals surface area contributed by atoms with Gasteiger partial charge in [0.25, 0.3) is 0 Å². The highest BCUT2D eigenvalue weighted by Crippen LogP contribution is 2.19. The Morgan fingerprint density at radius 3 is 2.69 bits per heavy atom. The first kappa shape index (κ1) is 10.9. The second-order valence-corrected chi connectivity index (χ2v) is 4.26. The van der Waals surface area contributed by atoms with Crippen LogP contribution >= 0.6 is 0 Å². The first-order valence-electron chi connectivity index (χ1n) is 5.50. The van der Waals surface area contributed by atoms with Crippen LogP contribution in [0.25, 0.3) is 0 Å². The summed E-state index contributed by atoms with van der Waals surface area (Å²) in [4.78, 5) is 16.9. The Kier molecular flexibility index (Phi) is 3.04. The van der Waals surface area contributed by atoms with Crippen LogP contribution in [-0.2, 0) is 9.63 Å². The average molecular weight is 217 g/mol. The quantitative estimate of drug-likeness (QED) is 0.779. The Hall–Kier alpha value is -1.64. The number of ketones is 1. The lowest BCUT2D eigenvalue weighted by Crippen LogP contribution is -2.25. The molecule has 2 rings (SSSR count). The molecule has 1 aromatic rings. The Balaban J connectivity index is 2.06. The van der Waals surface area contributed by atoms with E-state index in [0.29, 0.717) is 6.42 Å². The fraction of sp³-hybridized carbons (Fsp3) is 0.385. The lowest BCUT2D eigenvalue weighted by Gasteiger charge is -2.09. The van der Waals surface area contributed by atoms with E-state index in [0.717, 1.165) is 11.3 Å². The summed E-state index contributed by atoms with van der Waals surface area (Å²) < 4.78 is 0. The van der Waals surface area contributed by atoms with Crippen molar-refractivity contribution in [3.63, 3.8) is 0 Å². The van der Waals surface area contributed by atoms with Crippen LogP contribution in [-0.4, -0.2) is 17.6 Å². The van der Waals surface area contributed by atoms with E-state index < -0.39 is 6.10 Å². The van der Waals surface area contributed by atoms with Gasteiger partial charge in [-0.1, -0.05) is 49.3 Å². The molecular formula is C13H15NO2. The summed E-state index contributed by atoms with van der Waals surface area (Å²) in [6.45, 7) is 3.76. The van der Waals surface area contributed by atoms with Gasteiger partial charge in [0.1, 0.15) is 0 Å². The SMILES string of the molecule is CC(C)C(=O)C1CC(c2ccccc2)=NO1. The maximum atomic E-state index is 11.7. The number of carbonyl (C=O) groups is 1. The fourth-order valence-corrected chi connectivity index (χ4v) is 1.70. The van der Waals surface area contributed by atoms with Crippen molar-refractivity contribution < 1.29 is 9.63 Å². The fourth-order valence-electron chi connectivity index (χ4n) is 1.70. The second-order valence-electron chi connectivity index (χ2n) is 4.26. The number of nitrogens with zero attached hydrogens (tertiary/aromatic N) is 1. The number of Topliss-reactive ketones (excluding diaryl/α,β-unsaturated/α-hetero) is 1. The van der Waals surface area contributed by atoms with Crippen LogP contribution in [0.4, 0.5) is 0 Å². The standard InChI is InChI=1S/C13H15NO2/c1-9(2)13(15)12-8-11(14-16-12)10-6-4-3-5-7-10/h3-7,9,12H,8H2,1-2H3. The van der Waals surface area contributed by atoms with Crippen LogP contribution in [0.1, 0.15) is 25.8 Å². The summed E-state index contributed by atoms with van der Waals surface area (Å²) >= 11 is 0. The summed E-state index contributed by atoms with van der Waals surface area (Å²) in [5.74, 6) is 0.116. The number of oxime groups is 1. The minimum Gasteiger partial charge on any atom is -0.384 e. The minimum absolute atomic E-state index is 0.00433. The van der Waals surface area contributed by atoms with E-state index in [1.165, 1.54) is 0 Å². The van der Waals surface area contributed by atoms with Crippen molar-refractivity contribution in [3.05, 3.63) is 35.9 Å². The third-order valence-electron chi connectivity index (χ3n) is 2.66. The molecule has 1 aliphatic heterocycles. The van der Waals surface area contributed by atoms with Crippen LogP contribution < -0.4 is 0 Å². The predicted octanol–water partition coefficient (Wildman–Crippen LogP) is 2.40. The Bertz CT molecular complexity index is 409. The monoisotopic (exact) mass is 217 g/mol. The Morgan fingerprint density at radius 1 is 1.38 bits per heavy atom. The van der Waals surface area contributed by atoms with Gasteiger partial charge in [-0.05, 0) is 5.56 Å². The van der Waals surface area contributed by atoms with Crippen molar-refractivity contribution in [2.75, 3.05) is 0 Å². The van der Waals surface area contributed by atoms with Gasteiger partial charge in [0, 0.05) is 12.3 Å². The zero-order chi connectivity index (χ0) is 11.5. The van der Waals surface area contributed by atoms with Crippen molar-refractivity contribution in [3.8, 4) is 0 Å². The molecule has 0 radical (unpaired) electrons. The molecule has 0 aliphatic carbocycles. The number of hydrogen-bond donors (Lipinski definition) is 0. The molecule has 0 saturated heterocycles. The summed E-state index contributed by atoms with van der Waals surface area (Å²) in [6.07, 6.45) is 0.191. The van der Waals surface area contributed by atoms with E-state index in [9.17, 15) is 4.79 Å². The predicted molar refractivity (Wildman–Crippen MR) is 62.3 cm³/mol. The lowest BCUT2D eigenvalue weighted by molar-refractivity contribution is -0.132. The average Bonchev–Trinajstić information content (AvgIpc) is 2.78. The van der Waals surface area contributed by atoms with Crippen LogP contribution in [0, 0.1) is 5.92 Å². The van der Waals surface area contributed by atoms with E-state index >= 15 is 0 Å². The summed E-state index contributed by atoms with van der Waals surface area (Å²) in [6, 6.07) is 9.82. The van der Waals surface area contributed by atoms with Gasteiger partial charge in [-0.15, -0.1) is 0 Å². The van der Waals surface area contributed by atoms with Gasteiger partial charge in [-0.25, -0.2) is 0 Å². The molecule has 0 fully saturated rings. The molecule has 0 saturated carbocycles. The molecule has 16 heavy (non-hydrogen) atoms. The number of rotatable bonds is 3. The van der Waals surface area contributed by atoms with Crippen molar-refractivity contribution in [2.45, 2.75) is 26.4 Å². The zero-order valence-corrected chi connectivity index (χ0v) is 9.51.